The van der Waals surface area contributed by atoms with E-state index in [2.05, 4.69) is 48.3 Å². The molecule has 1 fully saturated rings. The maximum absolute atomic E-state index is 12.3. The highest BCUT2D eigenvalue weighted by Crippen LogP contribution is 2.22. The van der Waals surface area contributed by atoms with Crippen LogP contribution >= 0.6 is 0 Å². The second kappa shape index (κ2) is 10.2. The molecule has 1 saturated heterocycles. The lowest BCUT2D eigenvalue weighted by Crippen LogP contribution is -2.44. The molecule has 0 bridgehead atoms. The summed E-state index contributed by atoms with van der Waals surface area (Å²) in [6, 6.07) is 16.5. The van der Waals surface area contributed by atoms with Gasteiger partial charge in [-0.1, -0.05) is 48.9 Å². The average Bonchev–Trinajstić information content (AvgIpc) is 2.75. The third-order valence-electron chi connectivity index (χ3n) is 5.14. The van der Waals surface area contributed by atoms with Crippen molar-refractivity contribution in [1.82, 2.24) is 10.2 Å². The van der Waals surface area contributed by atoms with Gasteiger partial charge in [0, 0.05) is 19.6 Å². The van der Waals surface area contributed by atoms with Gasteiger partial charge >= 0.3 is 0 Å². The Hall–Kier alpha value is -2.37. The number of ether oxygens (including phenoxy) is 2. The molecule has 1 heterocycles. The molecule has 0 aliphatic carbocycles. The number of rotatable bonds is 8. The summed E-state index contributed by atoms with van der Waals surface area (Å²) in [4.78, 5) is 14.7. The first kappa shape index (κ1) is 20.4. The van der Waals surface area contributed by atoms with E-state index < -0.39 is 0 Å². The maximum Gasteiger partial charge on any atom is 0.258 e. The highest BCUT2D eigenvalue weighted by atomic mass is 16.5. The molecule has 0 unspecified atom stereocenters. The zero-order valence-corrected chi connectivity index (χ0v) is 16.8. The van der Waals surface area contributed by atoms with Crippen LogP contribution in [-0.4, -0.2) is 50.3 Å². The van der Waals surface area contributed by atoms with Crippen LogP contribution in [0.3, 0.4) is 0 Å². The monoisotopic (exact) mass is 382 g/mol. The summed E-state index contributed by atoms with van der Waals surface area (Å²) in [5, 5.41) is 3.04. The SMILES string of the molecule is CCc1ccc(OCC(=O)NC[C@@H](c2ccc(C)cc2)N2CCOCC2)cc1. The molecule has 1 aliphatic heterocycles. The molecule has 5 heteroatoms. The number of nitrogens with one attached hydrogen (secondary N) is 1. The van der Waals surface area contributed by atoms with Gasteiger partial charge in [0.05, 0.1) is 19.3 Å². The zero-order chi connectivity index (χ0) is 19.8. The van der Waals surface area contributed by atoms with Gasteiger partial charge in [0.1, 0.15) is 5.75 Å². The number of hydrogen-bond acceptors (Lipinski definition) is 4. The van der Waals surface area contributed by atoms with E-state index in [4.69, 9.17) is 9.47 Å². The fourth-order valence-electron chi connectivity index (χ4n) is 3.37. The molecule has 1 amide bonds. The molecule has 1 aliphatic rings. The van der Waals surface area contributed by atoms with Crippen LogP contribution in [0.15, 0.2) is 48.5 Å². The molecular weight excluding hydrogens is 352 g/mol. The Morgan fingerprint density at radius 2 is 1.79 bits per heavy atom. The summed E-state index contributed by atoms with van der Waals surface area (Å²) in [5.41, 5.74) is 3.70. The minimum atomic E-state index is -0.107. The fraction of sp³-hybridized carbons (Fsp3) is 0.435. The van der Waals surface area contributed by atoms with Crippen LogP contribution in [0.25, 0.3) is 0 Å². The van der Waals surface area contributed by atoms with Gasteiger partial charge in [-0.15, -0.1) is 0 Å². The summed E-state index contributed by atoms with van der Waals surface area (Å²) in [6.45, 7) is 7.97. The van der Waals surface area contributed by atoms with Crippen LogP contribution in [0.1, 0.15) is 29.7 Å². The third kappa shape index (κ3) is 5.81. The van der Waals surface area contributed by atoms with Gasteiger partial charge in [-0.2, -0.15) is 0 Å². The van der Waals surface area contributed by atoms with E-state index in [-0.39, 0.29) is 18.6 Å². The number of benzene rings is 2. The quantitative estimate of drug-likeness (QED) is 0.762. The summed E-state index contributed by atoms with van der Waals surface area (Å²) in [6.07, 6.45) is 0.989. The number of aryl methyl sites for hydroxylation is 2. The standard InChI is InChI=1S/C23H30N2O3/c1-3-19-6-10-21(11-7-19)28-17-23(26)24-16-22(25-12-14-27-15-13-25)20-8-4-18(2)5-9-20/h4-11,22H,3,12-17H2,1-2H3,(H,24,26)/t22-/m0/s1. The van der Waals surface area contributed by atoms with Crippen LogP contribution in [0.5, 0.6) is 5.75 Å². The number of carbonyl (C=O) groups is 1. The largest absolute Gasteiger partial charge is 0.484 e. The molecule has 0 spiro atoms. The molecule has 1 N–H and O–H groups in total. The maximum atomic E-state index is 12.3. The predicted octanol–water partition coefficient (Wildman–Crippen LogP) is 3.13. The van der Waals surface area contributed by atoms with E-state index in [1.165, 1.54) is 16.7 Å². The number of hydrogen-bond donors (Lipinski definition) is 1. The third-order valence-corrected chi connectivity index (χ3v) is 5.14. The number of morpholine rings is 1. The Labute approximate surface area is 167 Å². The van der Waals surface area contributed by atoms with Gasteiger partial charge in [-0.3, -0.25) is 9.69 Å². The highest BCUT2D eigenvalue weighted by molar-refractivity contribution is 5.77. The van der Waals surface area contributed by atoms with E-state index in [1.54, 1.807) is 0 Å². The number of nitrogens with zero attached hydrogens (tertiary/aromatic N) is 1. The lowest BCUT2D eigenvalue weighted by atomic mass is 10.0. The zero-order valence-electron chi connectivity index (χ0n) is 16.8. The Bertz CT molecular complexity index is 737. The first-order chi connectivity index (χ1) is 13.7. The second-order valence-corrected chi connectivity index (χ2v) is 7.17. The Balaban J connectivity index is 1.55. The molecule has 0 saturated carbocycles. The van der Waals surface area contributed by atoms with Crippen molar-refractivity contribution >= 4 is 5.91 Å². The molecule has 0 radical (unpaired) electrons. The van der Waals surface area contributed by atoms with Crippen LogP contribution in [0.4, 0.5) is 0 Å². The molecule has 2 aromatic carbocycles. The molecule has 5 nitrogen and oxygen atoms in total. The lowest BCUT2D eigenvalue weighted by molar-refractivity contribution is -0.123. The van der Waals surface area contributed by atoms with Crippen LogP contribution < -0.4 is 10.1 Å². The molecule has 28 heavy (non-hydrogen) atoms. The Morgan fingerprint density at radius 1 is 1.11 bits per heavy atom. The average molecular weight is 383 g/mol. The normalized spacial score (nSPS) is 15.8. The van der Waals surface area contributed by atoms with E-state index in [0.29, 0.717) is 6.54 Å². The van der Waals surface area contributed by atoms with Gasteiger partial charge in [0.25, 0.3) is 5.91 Å². The minimum absolute atomic E-state index is 0.0230. The Morgan fingerprint density at radius 3 is 2.43 bits per heavy atom. The second-order valence-electron chi connectivity index (χ2n) is 7.17. The van der Waals surface area contributed by atoms with Crippen molar-refractivity contribution < 1.29 is 14.3 Å². The Kier molecular flexibility index (Phi) is 7.46. The van der Waals surface area contributed by atoms with Gasteiger partial charge in [0.2, 0.25) is 0 Å². The lowest BCUT2D eigenvalue weighted by Gasteiger charge is -2.35. The highest BCUT2D eigenvalue weighted by Gasteiger charge is 2.23. The van der Waals surface area contributed by atoms with Gasteiger partial charge in [-0.25, -0.2) is 0 Å². The molecule has 1 atom stereocenters. The van der Waals surface area contributed by atoms with E-state index in [9.17, 15) is 4.79 Å². The van der Waals surface area contributed by atoms with Gasteiger partial charge in [-0.05, 0) is 36.6 Å². The summed E-state index contributed by atoms with van der Waals surface area (Å²) in [7, 11) is 0. The summed E-state index contributed by atoms with van der Waals surface area (Å²) in [5.74, 6) is 0.612. The number of amides is 1. The molecule has 3 rings (SSSR count). The molecule has 0 aromatic heterocycles. The molecule has 150 valence electrons. The summed E-state index contributed by atoms with van der Waals surface area (Å²) < 4.78 is 11.1. The van der Waals surface area contributed by atoms with Crippen LogP contribution in [-0.2, 0) is 16.0 Å². The summed E-state index contributed by atoms with van der Waals surface area (Å²) >= 11 is 0. The van der Waals surface area contributed by atoms with Crippen molar-refractivity contribution in [2.75, 3.05) is 39.5 Å². The van der Waals surface area contributed by atoms with Crippen molar-refractivity contribution in [3.05, 3.63) is 65.2 Å². The van der Waals surface area contributed by atoms with Crippen molar-refractivity contribution in [2.45, 2.75) is 26.3 Å². The molecular formula is C23H30N2O3. The van der Waals surface area contributed by atoms with Crippen molar-refractivity contribution in [2.24, 2.45) is 0 Å². The van der Waals surface area contributed by atoms with E-state index >= 15 is 0 Å². The van der Waals surface area contributed by atoms with Gasteiger partial charge < -0.3 is 14.8 Å². The van der Waals surface area contributed by atoms with E-state index in [0.717, 1.165) is 38.5 Å². The fourth-order valence-corrected chi connectivity index (χ4v) is 3.37. The van der Waals surface area contributed by atoms with E-state index in [1.807, 2.05) is 24.3 Å². The first-order valence-electron chi connectivity index (χ1n) is 10.0. The minimum Gasteiger partial charge on any atom is -0.484 e. The molecule has 2 aromatic rings. The van der Waals surface area contributed by atoms with Crippen molar-refractivity contribution in [1.29, 1.82) is 0 Å². The van der Waals surface area contributed by atoms with Crippen LogP contribution in [0.2, 0.25) is 0 Å². The smallest absolute Gasteiger partial charge is 0.258 e. The predicted molar refractivity (Wildman–Crippen MR) is 111 cm³/mol. The van der Waals surface area contributed by atoms with Crippen molar-refractivity contribution in [3.8, 4) is 5.75 Å². The van der Waals surface area contributed by atoms with Crippen molar-refractivity contribution in [3.63, 3.8) is 0 Å². The number of carbonyl (C=O) groups excluding carboxylic acids is 1. The van der Waals surface area contributed by atoms with Crippen LogP contribution in [0, 0.1) is 6.92 Å². The topological polar surface area (TPSA) is 50.8 Å². The first-order valence-corrected chi connectivity index (χ1v) is 10.0. The van der Waals surface area contributed by atoms with Gasteiger partial charge in [0.15, 0.2) is 6.61 Å².